The first-order valence-electron chi connectivity index (χ1n) is 5.82. The van der Waals surface area contributed by atoms with Gasteiger partial charge >= 0.3 is 5.97 Å². The van der Waals surface area contributed by atoms with Gasteiger partial charge in [0.2, 0.25) is 11.5 Å². The van der Waals surface area contributed by atoms with E-state index in [0.29, 0.717) is 17.7 Å². The summed E-state index contributed by atoms with van der Waals surface area (Å²) in [5, 5.41) is 4.20. The van der Waals surface area contributed by atoms with Gasteiger partial charge in [-0.25, -0.2) is 4.79 Å². The van der Waals surface area contributed by atoms with E-state index >= 15 is 0 Å². The molecule has 6 nitrogen and oxygen atoms in total. The van der Waals surface area contributed by atoms with E-state index in [4.69, 9.17) is 4.42 Å². The Morgan fingerprint density at radius 2 is 2.05 bits per heavy atom. The number of hydrogen-bond donors (Lipinski definition) is 0. The van der Waals surface area contributed by atoms with E-state index in [1.165, 1.54) is 19.2 Å². The molecular formula is C13H14N2O4. The van der Waals surface area contributed by atoms with Crippen molar-refractivity contribution < 1.29 is 18.7 Å². The van der Waals surface area contributed by atoms with Crippen molar-refractivity contribution in [2.45, 2.75) is 13.3 Å². The number of rotatable bonds is 4. The molecule has 0 atom stereocenters. The molecule has 2 rings (SSSR count). The Bertz CT molecular complexity index is 624. The molecule has 2 aromatic rings. The first kappa shape index (κ1) is 13.1. The van der Waals surface area contributed by atoms with E-state index in [0.717, 1.165) is 0 Å². The van der Waals surface area contributed by atoms with Crippen LogP contribution in [0.2, 0.25) is 0 Å². The van der Waals surface area contributed by atoms with Gasteiger partial charge in [0.1, 0.15) is 0 Å². The van der Waals surface area contributed by atoms with Gasteiger partial charge in [-0.2, -0.15) is 5.10 Å². The molecule has 0 saturated heterocycles. The first-order valence-corrected chi connectivity index (χ1v) is 5.82. The lowest BCUT2D eigenvalue weighted by molar-refractivity contribution is 0.0563. The second kappa shape index (κ2) is 5.09. The lowest BCUT2D eigenvalue weighted by Gasteiger charge is -1.96. The zero-order valence-electron chi connectivity index (χ0n) is 11.0. The fourth-order valence-corrected chi connectivity index (χ4v) is 1.79. The lowest BCUT2D eigenvalue weighted by atomic mass is 10.1. The van der Waals surface area contributed by atoms with Crippen LogP contribution in [0.25, 0.3) is 0 Å². The number of aryl methyl sites for hydroxylation is 2. The summed E-state index contributed by atoms with van der Waals surface area (Å²) in [6.07, 6.45) is 2.29. The molecule has 2 aromatic heterocycles. The Hall–Kier alpha value is -2.37. The van der Waals surface area contributed by atoms with Crippen molar-refractivity contribution in [3.8, 4) is 0 Å². The Kier molecular flexibility index (Phi) is 3.50. The van der Waals surface area contributed by atoms with Crippen LogP contribution < -0.4 is 0 Å². The van der Waals surface area contributed by atoms with Crippen LogP contribution in [-0.2, 0) is 18.2 Å². The Labute approximate surface area is 110 Å². The highest BCUT2D eigenvalue weighted by Crippen LogP contribution is 2.17. The molecule has 0 bridgehead atoms. The van der Waals surface area contributed by atoms with Crippen molar-refractivity contribution in [1.82, 2.24) is 9.78 Å². The molecule has 0 aromatic carbocycles. The van der Waals surface area contributed by atoms with Crippen molar-refractivity contribution in [2.24, 2.45) is 7.05 Å². The molecule has 0 aliphatic carbocycles. The van der Waals surface area contributed by atoms with Crippen LogP contribution >= 0.6 is 0 Å². The fraction of sp³-hybridized carbons (Fsp3) is 0.308. The fourth-order valence-electron chi connectivity index (χ4n) is 1.79. The molecule has 6 heteroatoms. The summed E-state index contributed by atoms with van der Waals surface area (Å²) in [6, 6.07) is 2.88. The molecule has 2 heterocycles. The van der Waals surface area contributed by atoms with Crippen LogP contribution in [0.1, 0.15) is 39.3 Å². The van der Waals surface area contributed by atoms with E-state index in [-0.39, 0.29) is 17.3 Å². The van der Waals surface area contributed by atoms with Crippen molar-refractivity contribution >= 4 is 11.8 Å². The van der Waals surface area contributed by atoms with Crippen LogP contribution in [-0.4, -0.2) is 28.6 Å². The predicted molar refractivity (Wildman–Crippen MR) is 66.1 cm³/mol. The third-order valence-electron chi connectivity index (χ3n) is 2.70. The molecule has 0 fully saturated rings. The number of carbonyl (C=O) groups is 2. The highest BCUT2D eigenvalue weighted by atomic mass is 16.5. The van der Waals surface area contributed by atoms with Crippen LogP contribution in [0.4, 0.5) is 0 Å². The highest BCUT2D eigenvalue weighted by molar-refractivity contribution is 6.08. The molecule has 0 spiro atoms. The van der Waals surface area contributed by atoms with Gasteiger partial charge in [-0.05, 0) is 18.6 Å². The van der Waals surface area contributed by atoms with E-state index in [1.54, 1.807) is 17.9 Å². The van der Waals surface area contributed by atoms with Crippen LogP contribution in [0.15, 0.2) is 22.7 Å². The number of ether oxygens (including phenoxy) is 1. The second-order valence-electron chi connectivity index (χ2n) is 4.00. The molecule has 19 heavy (non-hydrogen) atoms. The SMILES string of the molecule is CCc1nn(C)cc1C(=O)c1ccc(C(=O)OC)o1. The van der Waals surface area contributed by atoms with Gasteiger partial charge in [0.25, 0.3) is 0 Å². The number of aromatic nitrogens is 2. The molecule has 0 unspecified atom stereocenters. The number of nitrogens with zero attached hydrogens (tertiary/aromatic N) is 2. The molecule has 100 valence electrons. The minimum Gasteiger partial charge on any atom is -0.463 e. The summed E-state index contributed by atoms with van der Waals surface area (Å²) >= 11 is 0. The van der Waals surface area contributed by atoms with Gasteiger partial charge in [-0.3, -0.25) is 9.48 Å². The summed E-state index contributed by atoms with van der Waals surface area (Å²) in [6.45, 7) is 1.92. The standard InChI is InChI=1S/C13H14N2O4/c1-4-9-8(7-15(2)14-9)12(16)10-5-6-11(19-10)13(17)18-3/h5-7H,4H2,1-3H3. The highest BCUT2D eigenvalue weighted by Gasteiger charge is 2.21. The summed E-state index contributed by atoms with van der Waals surface area (Å²) < 4.78 is 11.3. The van der Waals surface area contributed by atoms with Gasteiger partial charge in [-0.15, -0.1) is 0 Å². The van der Waals surface area contributed by atoms with E-state index in [9.17, 15) is 9.59 Å². The van der Waals surface area contributed by atoms with Gasteiger partial charge in [0.15, 0.2) is 5.76 Å². The molecule has 0 aliphatic heterocycles. The van der Waals surface area contributed by atoms with Crippen molar-refractivity contribution in [3.05, 3.63) is 41.1 Å². The molecule has 0 amide bonds. The minimum absolute atomic E-state index is 0.00721. The molecule has 0 N–H and O–H groups in total. The third-order valence-corrected chi connectivity index (χ3v) is 2.70. The molecule has 0 saturated carbocycles. The molecule has 0 aliphatic rings. The molecule has 0 radical (unpaired) electrons. The van der Waals surface area contributed by atoms with Crippen LogP contribution in [0.5, 0.6) is 0 Å². The molecular weight excluding hydrogens is 248 g/mol. The van der Waals surface area contributed by atoms with Crippen LogP contribution in [0, 0.1) is 0 Å². The van der Waals surface area contributed by atoms with Crippen molar-refractivity contribution in [1.29, 1.82) is 0 Å². The second-order valence-corrected chi connectivity index (χ2v) is 4.00. The summed E-state index contributed by atoms with van der Waals surface area (Å²) in [7, 11) is 3.00. The number of hydrogen-bond acceptors (Lipinski definition) is 5. The summed E-state index contributed by atoms with van der Waals surface area (Å²) in [5.41, 5.74) is 1.18. The van der Waals surface area contributed by atoms with Gasteiger partial charge in [0.05, 0.1) is 18.4 Å². The Morgan fingerprint density at radius 1 is 1.37 bits per heavy atom. The maximum absolute atomic E-state index is 12.3. The monoisotopic (exact) mass is 262 g/mol. The smallest absolute Gasteiger partial charge is 0.373 e. The van der Waals surface area contributed by atoms with Crippen molar-refractivity contribution in [2.75, 3.05) is 7.11 Å². The van der Waals surface area contributed by atoms with Crippen LogP contribution in [0.3, 0.4) is 0 Å². The maximum Gasteiger partial charge on any atom is 0.373 e. The quantitative estimate of drug-likeness (QED) is 0.618. The number of methoxy groups -OCH3 is 1. The van der Waals surface area contributed by atoms with Gasteiger partial charge < -0.3 is 9.15 Å². The van der Waals surface area contributed by atoms with Gasteiger partial charge in [0, 0.05) is 13.2 Å². The van der Waals surface area contributed by atoms with Crippen molar-refractivity contribution in [3.63, 3.8) is 0 Å². The minimum atomic E-state index is -0.610. The average molecular weight is 262 g/mol. The predicted octanol–water partition coefficient (Wildman–Crippen LogP) is 1.59. The summed E-state index contributed by atoms with van der Waals surface area (Å²) in [4.78, 5) is 23.5. The zero-order valence-corrected chi connectivity index (χ0v) is 11.0. The van der Waals surface area contributed by atoms with E-state index in [1.807, 2.05) is 6.92 Å². The Balaban J connectivity index is 2.33. The maximum atomic E-state index is 12.3. The average Bonchev–Trinajstić information content (AvgIpc) is 3.03. The van der Waals surface area contributed by atoms with E-state index in [2.05, 4.69) is 9.84 Å². The van der Waals surface area contributed by atoms with Gasteiger partial charge in [-0.1, -0.05) is 6.92 Å². The largest absolute Gasteiger partial charge is 0.463 e. The third kappa shape index (κ3) is 2.42. The van der Waals surface area contributed by atoms with E-state index < -0.39 is 5.97 Å². The Morgan fingerprint density at radius 3 is 2.68 bits per heavy atom. The number of carbonyl (C=O) groups excluding carboxylic acids is 2. The first-order chi connectivity index (χ1) is 9.06. The summed E-state index contributed by atoms with van der Waals surface area (Å²) in [5.74, 6) is -0.794. The normalized spacial score (nSPS) is 10.5. The number of ketones is 1. The topological polar surface area (TPSA) is 74.3 Å². The number of esters is 1. The lowest BCUT2D eigenvalue weighted by Crippen LogP contribution is -2.03. The zero-order chi connectivity index (χ0) is 14.0. The number of furan rings is 1.